The molecule has 1 aliphatic rings. The first-order valence-corrected chi connectivity index (χ1v) is 14.7. The number of nitrogens with one attached hydrogen (secondary N) is 3. The molecule has 0 radical (unpaired) electrons. The van der Waals surface area contributed by atoms with Crippen LogP contribution in [-0.4, -0.2) is 55.6 Å². The van der Waals surface area contributed by atoms with E-state index in [4.69, 9.17) is 16.3 Å². The van der Waals surface area contributed by atoms with Gasteiger partial charge in [-0.3, -0.25) is 9.52 Å². The molecule has 10 nitrogen and oxygen atoms in total. The number of rotatable bonds is 9. The first kappa shape index (κ1) is 27.8. The van der Waals surface area contributed by atoms with Crippen LogP contribution in [0.15, 0.2) is 76.5 Å². The summed E-state index contributed by atoms with van der Waals surface area (Å²) >= 11 is 5.86. The number of carbonyl (C=O) groups is 1. The Morgan fingerprint density at radius 1 is 0.947 bits per heavy atom. The van der Waals surface area contributed by atoms with Gasteiger partial charge in [0.1, 0.15) is 10.7 Å². The molecule has 0 unspecified atom stereocenters. The standard InChI is InChI=1S/C24H24ClFN4O6S2/c25-17-5-7-18(8-6-17)29-37(32,33)19-9-10-22(30-11-13-36-14-12-30)21(15-19)28-24(31)16-27-38(34,35)23-4-2-1-3-20(23)26/h1-10,15,27,29H,11-14,16H2,(H,28,31). The Hall–Kier alpha value is -3.23. The second-order valence-corrected chi connectivity index (χ2v) is 12.0. The molecule has 1 amide bonds. The van der Waals surface area contributed by atoms with Gasteiger partial charge in [-0.05, 0) is 54.6 Å². The lowest BCUT2D eigenvalue weighted by Gasteiger charge is -2.30. The molecule has 14 heteroatoms. The van der Waals surface area contributed by atoms with Gasteiger partial charge in [0, 0.05) is 23.8 Å². The predicted molar refractivity (Wildman–Crippen MR) is 142 cm³/mol. The third-order valence-electron chi connectivity index (χ3n) is 5.55. The molecule has 1 saturated heterocycles. The lowest BCUT2D eigenvalue weighted by molar-refractivity contribution is -0.115. The second-order valence-electron chi connectivity index (χ2n) is 8.19. The van der Waals surface area contributed by atoms with Crippen LogP contribution in [0.4, 0.5) is 21.5 Å². The number of nitrogens with zero attached hydrogens (tertiary/aromatic N) is 1. The minimum Gasteiger partial charge on any atom is -0.378 e. The number of hydrogen-bond donors (Lipinski definition) is 3. The number of amides is 1. The molecule has 3 aromatic rings. The average molecular weight is 583 g/mol. The molecule has 1 heterocycles. The van der Waals surface area contributed by atoms with Gasteiger partial charge in [0.2, 0.25) is 15.9 Å². The van der Waals surface area contributed by atoms with Crippen molar-refractivity contribution in [2.24, 2.45) is 0 Å². The fraction of sp³-hybridized carbons (Fsp3) is 0.208. The zero-order valence-corrected chi connectivity index (χ0v) is 22.2. The third-order valence-corrected chi connectivity index (χ3v) is 8.61. The number of benzene rings is 3. The summed E-state index contributed by atoms with van der Waals surface area (Å²) in [5, 5.41) is 3.02. The van der Waals surface area contributed by atoms with Crippen LogP contribution in [0, 0.1) is 5.82 Å². The maximum absolute atomic E-state index is 13.9. The largest absolute Gasteiger partial charge is 0.378 e. The quantitative estimate of drug-likeness (QED) is 0.353. The van der Waals surface area contributed by atoms with Gasteiger partial charge in [0.15, 0.2) is 0 Å². The van der Waals surface area contributed by atoms with Gasteiger partial charge in [-0.1, -0.05) is 23.7 Å². The number of sulfonamides is 2. The van der Waals surface area contributed by atoms with Gasteiger partial charge in [-0.2, -0.15) is 0 Å². The summed E-state index contributed by atoms with van der Waals surface area (Å²) in [7, 11) is -8.36. The molecule has 0 aliphatic carbocycles. The Labute approximate surface area is 224 Å². The summed E-state index contributed by atoms with van der Waals surface area (Å²) in [6.45, 7) is 1.16. The van der Waals surface area contributed by atoms with Crippen molar-refractivity contribution in [2.45, 2.75) is 9.79 Å². The van der Waals surface area contributed by atoms with Crippen LogP contribution in [0.5, 0.6) is 0 Å². The topological polar surface area (TPSA) is 134 Å². The molecule has 3 aromatic carbocycles. The molecule has 38 heavy (non-hydrogen) atoms. The van der Waals surface area contributed by atoms with E-state index in [0.717, 1.165) is 12.1 Å². The van der Waals surface area contributed by atoms with E-state index in [1.807, 2.05) is 4.90 Å². The normalized spacial score (nSPS) is 14.2. The van der Waals surface area contributed by atoms with Crippen LogP contribution < -0.4 is 19.7 Å². The van der Waals surface area contributed by atoms with Gasteiger partial charge >= 0.3 is 0 Å². The van der Waals surface area contributed by atoms with Gasteiger partial charge in [-0.25, -0.2) is 25.9 Å². The molecular weight excluding hydrogens is 559 g/mol. The number of carbonyl (C=O) groups excluding carboxylic acids is 1. The SMILES string of the molecule is O=C(CNS(=O)(=O)c1ccccc1F)Nc1cc(S(=O)(=O)Nc2ccc(Cl)cc2)ccc1N1CCOCC1. The van der Waals surface area contributed by atoms with Crippen molar-refractivity contribution in [1.29, 1.82) is 0 Å². The maximum Gasteiger partial charge on any atom is 0.261 e. The Morgan fingerprint density at radius 3 is 2.32 bits per heavy atom. The number of hydrogen-bond acceptors (Lipinski definition) is 7. The smallest absolute Gasteiger partial charge is 0.261 e. The first-order chi connectivity index (χ1) is 18.0. The van der Waals surface area contributed by atoms with Gasteiger partial charge in [0.25, 0.3) is 10.0 Å². The van der Waals surface area contributed by atoms with E-state index < -0.39 is 43.2 Å². The fourth-order valence-corrected chi connectivity index (χ4v) is 5.96. The van der Waals surface area contributed by atoms with Crippen LogP contribution in [0.25, 0.3) is 0 Å². The third kappa shape index (κ3) is 6.79. The average Bonchev–Trinajstić information content (AvgIpc) is 2.89. The summed E-state index contributed by atoms with van der Waals surface area (Å²) in [4.78, 5) is 13.9. The highest BCUT2D eigenvalue weighted by Gasteiger charge is 2.23. The van der Waals surface area contributed by atoms with Crippen molar-refractivity contribution in [3.63, 3.8) is 0 Å². The van der Waals surface area contributed by atoms with Gasteiger partial charge < -0.3 is 15.0 Å². The summed E-state index contributed by atoms with van der Waals surface area (Å²) in [5.41, 5.74) is 0.977. The van der Waals surface area contributed by atoms with Crippen molar-refractivity contribution in [3.05, 3.63) is 77.6 Å². The Kier molecular flexibility index (Phi) is 8.53. The minimum absolute atomic E-state index is 0.133. The van der Waals surface area contributed by atoms with Crippen LogP contribution in [-0.2, 0) is 29.6 Å². The van der Waals surface area contributed by atoms with E-state index in [1.54, 1.807) is 6.07 Å². The Bertz CT molecular complexity index is 1530. The van der Waals surface area contributed by atoms with Crippen molar-refractivity contribution < 1.29 is 30.8 Å². The van der Waals surface area contributed by atoms with E-state index in [9.17, 15) is 26.0 Å². The number of anilines is 3. The molecule has 0 bridgehead atoms. The lowest BCUT2D eigenvalue weighted by atomic mass is 10.2. The molecule has 202 valence electrons. The summed E-state index contributed by atoms with van der Waals surface area (Å²) in [6.07, 6.45) is 0. The molecule has 0 spiro atoms. The molecule has 0 aromatic heterocycles. The van der Waals surface area contributed by atoms with Crippen LogP contribution in [0.3, 0.4) is 0 Å². The van der Waals surface area contributed by atoms with Crippen LogP contribution in [0.2, 0.25) is 5.02 Å². The van der Waals surface area contributed by atoms with Gasteiger partial charge in [-0.15, -0.1) is 0 Å². The van der Waals surface area contributed by atoms with Crippen LogP contribution >= 0.6 is 11.6 Å². The minimum atomic E-state index is -4.31. The van der Waals surface area contributed by atoms with Crippen molar-refractivity contribution in [3.8, 4) is 0 Å². The van der Waals surface area contributed by atoms with Crippen molar-refractivity contribution in [1.82, 2.24) is 4.72 Å². The maximum atomic E-state index is 13.9. The molecule has 1 fully saturated rings. The predicted octanol–water partition coefficient (Wildman–Crippen LogP) is 3.03. The molecule has 0 saturated carbocycles. The number of morpholine rings is 1. The molecule has 1 aliphatic heterocycles. The van der Waals surface area contributed by atoms with E-state index in [1.165, 1.54) is 48.5 Å². The lowest BCUT2D eigenvalue weighted by Crippen LogP contribution is -2.37. The zero-order chi connectivity index (χ0) is 27.3. The van der Waals surface area contributed by atoms with Gasteiger partial charge in [0.05, 0.1) is 36.0 Å². The highest BCUT2D eigenvalue weighted by molar-refractivity contribution is 7.92. The number of halogens is 2. The molecule has 0 atom stereocenters. The summed E-state index contributed by atoms with van der Waals surface area (Å²) in [5.74, 6) is -1.74. The van der Waals surface area contributed by atoms with E-state index in [2.05, 4.69) is 14.8 Å². The highest BCUT2D eigenvalue weighted by Crippen LogP contribution is 2.30. The number of ether oxygens (including phenoxy) is 1. The Balaban J connectivity index is 1.57. The van der Waals surface area contributed by atoms with Crippen molar-refractivity contribution >= 4 is 54.6 Å². The fourth-order valence-electron chi connectivity index (χ4n) is 3.69. The highest BCUT2D eigenvalue weighted by atomic mass is 35.5. The molecule has 3 N–H and O–H groups in total. The second kappa shape index (κ2) is 11.7. The first-order valence-electron chi connectivity index (χ1n) is 11.3. The summed E-state index contributed by atoms with van der Waals surface area (Å²) in [6, 6.07) is 15.1. The van der Waals surface area contributed by atoms with E-state index in [-0.39, 0.29) is 10.6 Å². The molecule has 4 rings (SSSR count). The monoisotopic (exact) mass is 582 g/mol. The van der Waals surface area contributed by atoms with Crippen LogP contribution in [0.1, 0.15) is 0 Å². The van der Waals surface area contributed by atoms with Crippen molar-refractivity contribution in [2.75, 3.05) is 47.8 Å². The summed E-state index contributed by atoms with van der Waals surface area (Å²) < 4.78 is 74.8. The molecular formula is C24H24ClFN4O6S2. The Morgan fingerprint density at radius 2 is 1.63 bits per heavy atom. The van der Waals surface area contributed by atoms with E-state index in [0.29, 0.717) is 42.7 Å². The van der Waals surface area contributed by atoms with E-state index >= 15 is 0 Å². The zero-order valence-electron chi connectivity index (χ0n) is 19.9.